The van der Waals surface area contributed by atoms with E-state index in [1.165, 1.54) is 17.7 Å². The van der Waals surface area contributed by atoms with Gasteiger partial charge in [-0.3, -0.25) is 4.40 Å². The molecule has 0 bridgehead atoms. The number of aliphatic imine (C=N–C) groups is 1. The number of guanidine groups is 1. The Labute approximate surface area is 157 Å². The van der Waals surface area contributed by atoms with E-state index < -0.39 is 0 Å². The molecule has 0 unspecified atom stereocenters. The molecule has 0 saturated heterocycles. The van der Waals surface area contributed by atoms with Crippen LogP contribution in [0.15, 0.2) is 53.7 Å². The second-order valence-corrected chi connectivity index (χ2v) is 6.88. The molecular weight excluding hydrogens is 343 g/mol. The Morgan fingerprint density at radius 2 is 1.96 bits per heavy atom. The first-order valence-corrected chi connectivity index (χ1v) is 9.27. The Kier molecular flexibility index (Phi) is 4.75. The van der Waals surface area contributed by atoms with Crippen LogP contribution in [-0.2, 0) is 12.0 Å². The number of nitrogens with one attached hydrogen (secondary N) is 2. The van der Waals surface area contributed by atoms with Gasteiger partial charge in [-0.25, -0.2) is 9.38 Å². The molecule has 6 nitrogen and oxygen atoms in total. The van der Waals surface area contributed by atoms with Gasteiger partial charge in [-0.1, -0.05) is 18.2 Å². The predicted octanol–water partition coefficient (Wildman–Crippen LogP) is 2.66. The van der Waals surface area contributed by atoms with E-state index in [4.69, 9.17) is 0 Å². The topological polar surface area (TPSA) is 66.6 Å². The first-order chi connectivity index (χ1) is 13.2. The summed E-state index contributed by atoms with van der Waals surface area (Å²) in [6, 6.07) is 12.6. The van der Waals surface area contributed by atoms with Gasteiger partial charge in [-0.2, -0.15) is 0 Å². The van der Waals surface area contributed by atoms with Crippen molar-refractivity contribution in [3.8, 4) is 0 Å². The van der Waals surface area contributed by atoms with Crippen molar-refractivity contribution in [1.82, 2.24) is 25.2 Å². The number of nitrogens with zero attached hydrogens (tertiary/aromatic N) is 4. The summed E-state index contributed by atoms with van der Waals surface area (Å²) in [5, 5.41) is 15.1. The van der Waals surface area contributed by atoms with Gasteiger partial charge in [-0.05, 0) is 49.6 Å². The highest BCUT2D eigenvalue weighted by atomic mass is 19.1. The smallest absolute Gasteiger partial charge is 0.191 e. The second kappa shape index (κ2) is 7.34. The van der Waals surface area contributed by atoms with Crippen LogP contribution in [0.1, 0.15) is 31.2 Å². The molecule has 1 aliphatic carbocycles. The highest BCUT2D eigenvalue weighted by Crippen LogP contribution is 2.47. The molecule has 0 amide bonds. The Hall–Kier alpha value is -2.96. The minimum Gasteiger partial charge on any atom is -0.357 e. The third-order valence-corrected chi connectivity index (χ3v) is 5.01. The van der Waals surface area contributed by atoms with E-state index in [9.17, 15) is 4.39 Å². The zero-order valence-corrected chi connectivity index (χ0v) is 15.3. The molecule has 140 valence electrons. The summed E-state index contributed by atoms with van der Waals surface area (Å²) in [5.74, 6) is 1.35. The largest absolute Gasteiger partial charge is 0.357 e. The monoisotopic (exact) mass is 366 g/mol. The van der Waals surface area contributed by atoms with Crippen molar-refractivity contribution in [2.24, 2.45) is 4.99 Å². The van der Waals surface area contributed by atoms with E-state index in [0.717, 1.165) is 43.4 Å². The second-order valence-electron chi connectivity index (χ2n) is 6.88. The van der Waals surface area contributed by atoms with E-state index >= 15 is 0 Å². The van der Waals surface area contributed by atoms with E-state index in [-0.39, 0.29) is 11.2 Å². The summed E-state index contributed by atoms with van der Waals surface area (Å²) in [6.07, 6.45) is 4.13. The highest BCUT2D eigenvalue weighted by Gasteiger charge is 2.44. The lowest BCUT2D eigenvalue weighted by Crippen LogP contribution is -2.41. The normalized spacial score (nSPS) is 15.7. The fourth-order valence-corrected chi connectivity index (χ4v) is 3.27. The van der Waals surface area contributed by atoms with Gasteiger partial charge in [0.05, 0.1) is 0 Å². The van der Waals surface area contributed by atoms with E-state index in [1.807, 2.05) is 47.9 Å². The minimum atomic E-state index is -0.196. The number of hydrogen-bond donors (Lipinski definition) is 2. The summed E-state index contributed by atoms with van der Waals surface area (Å²) in [4.78, 5) is 4.66. The zero-order valence-electron chi connectivity index (χ0n) is 15.3. The molecule has 7 heteroatoms. The van der Waals surface area contributed by atoms with Crippen LogP contribution >= 0.6 is 0 Å². The lowest BCUT2D eigenvalue weighted by atomic mass is 9.96. The molecule has 1 fully saturated rings. The van der Waals surface area contributed by atoms with Gasteiger partial charge in [0.25, 0.3) is 0 Å². The molecule has 2 aromatic heterocycles. The van der Waals surface area contributed by atoms with Crippen molar-refractivity contribution in [3.05, 3.63) is 65.9 Å². The van der Waals surface area contributed by atoms with Crippen LogP contribution in [0.25, 0.3) is 5.65 Å². The predicted molar refractivity (Wildman–Crippen MR) is 103 cm³/mol. The summed E-state index contributed by atoms with van der Waals surface area (Å²) < 4.78 is 15.1. The van der Waals surface area contributed by atoms with Crippen LogP contribution in [0, 0.1) is 5.82 Å². The standard InChI is InChI=1S/C20H23FN6/c1-2-22-19(23-13-18-26-25-17-5-3-4-12-27(17)18)24-14-20(10-11-20)15-6-8-16(21)9-7-15/h3-9,12H,2,10-11,13-14H2,1H3,(H2,22,23,24). The molecule has 4 rings (SSSR count). The first-order valence-electron chi connectivity index (χ1n) is 9.27. The summed E-state index contributed by atoms with van der Waals surface area (Å²) in [5.41, 5.74) is 2.07. The number of halogens is 1. The number of aromatic nitrogens is 3. The molecular formula is C20H23FN6. The maximum Gasteiger partial charge on any atom is 0.191 e. The van der Waals surface area contributed by atoms with Gasteiger partial charge >= 0.3 is 0 Å². The third kappa shape index (κ3) is 3.77. The van der Waals surface area contributed by atoms with Gasteiger partial charge in [0.1, 0.15) is 12.4 Å². The summed E-state index contributed by atoms with van der Waals surface area (Å²) in [7, 11) is 0. The quantitative estimate of drug-likeness (QED) is 0.520. The molecule has 3 aromatic rings. The summed E-state index contributed by atoms with van der Waals surface area (Å²) in [6.45, 7) is 4.02. The number of rotatable bonds is 6. The Morgan fingerprint density at radius 3 is 2.70 bits per heavy atom. The Bertz CT molecular complexity index is 943. The number of fused-ring (bicyclic) bond motifs is 1. The van der Waals surface area contributed by atoms with Gasteiger partial charge in [0, 0.05) is 24.7 Å². The molecule has 1 aromatic carbocycles. The molecule has 0 aliphatic heterocycles. The Morgan fingerprint density at radius 1 is 1.15 bits per heavy atom. The average Bonchev–Trinajstić information content (AvgIpc) is 3.37. The fraction of sp³-hybridized carbons (Fsp3) is 0.350. The average molecular weight is 366 g/mol. The maximum atomic E-state index is 13.2. The third-order valence-electron chi connectivity index (χ3n) is 5.01. The van der Waals surface area contributed by atoms with Crippen LogP contribution in [0.3, 0.4) is 0 Å². The van der Waals surface area contributed by atoms with E-state index in [0.29, 0.717) is 6.54 Å². The lowest BCUT2D eigenvalue weighted by Gasteiger charge is -2.19. The van der Waals surface area contributed by atoms with Gasteiger partial charge in [0.2, 0.25) is 0 Å². The molecule has 0 radical (unpaired) electrons. The number of pyridine rings is 1. The van der Waals surface area contributed by atoms with Crippen LogP contribution in [0.2, 0.25) is 0 Å². The van der Waals surface area contributed by atoms with Crippen molar-refractivity contribution in [3.63, 3.8) is 0 Å². The van der Waals surface area contributed by atoms with Gasteiger partial charge in [0.15, 0.2) is 17.4 Å². The Balaban J connectivity index is 1.45. The molecule has 27 heavy (non-hydrogen) atoms. The molecule has 0 atom stereocenters. The molecule has 1 saturated carbocycles. The van der Waals surface area contributed by atoms with Crippen LogP contribution < -0.4 is 10.6 Å². The minimum absolute atomic E-state index is 0.0749. The first kappa shape index (κ1) is 17.5. The number of benzene rings is 1. The van der Waals surface area contributed by atoms with Crippen molar-refractivity contribution in [2.75, 3.05) is 13.1 Å². The maximum absolute atomic E-state index is 13.2. The lowest BCUT2D eigenvalue weighted by molar-refractivity contribution is 0.617. The molecule has 2 heterocycles. The molecule has 0 spiro atoms. The van der Waals surface area contributed by atoms with Gasteiger partial charge in [-0.15, -0.1) is 10.2 Å². The zero-order chi connectivity index (χ0) is 18.7. The fourth-order valence-electron chi connectivity index (χ4n) is 3.27. The van der Waals surface area contributed by atoms with Gasteiger partial charge < -0.3 is 10.6 Å². The van der Waals surface area contributed by atoms with E-state index in [1.54, 1.807) is 0 Å². The van der Waals surface area contributed by atoms with Crippen molar-refractivity contribution in [1.29, 1.82) is 0 Å². The van der Waals surface area contributed by atoms with Crippen LogP contribution in [0.5, 0.6) is 0 Å². The van der Waals surface area contributed by atoms with Crippen LogP contribution in [0.4, 0.5) is 4.39 Å². The van der Waals surface area contributed by atoms with E-state index in [2.05, 4.69) is 25.8 Å². The SMILES string of the molecule is CCNC(=NCc1nnc2ccccn12)NCC1(c2ccc(F)cc2)CC1. The van der Waals surface area contributed by atoms with Crippen molar-refractivity contribution >= 4 is 11.6 Å². The van der Waals surface area contributed by atoms with Crippen molar-refractivity contribution < 1.29 is 4.39 Å². The van der Waals surface area contributed by atoms with Crippen molar-refractivity contribution in [2.45, 2.75) is 31.7 Å². The van der Waals surface area contributed by atoms with Crippen LogP contribution in [-0.4, -0.2) is 33.6 Å². The molecule has 1 aliphatic rings. The molecule has 2 N–H and O–H groups in total. The number of hydrogen-bond acceptors (Lipinski definition) is 3. The highest BCUT2D eigenvalue weighted by molar-refractivity contribution is 5.79. The summed E-state index contributed by atoms with van der Waals surface area (Å²) >= 11 is 0.